The highest BCUT2D eigenvalue weighted by Gasteiger charge is 2.27. The first-order valence-corrected chi connectivity index (χ1v) is 7.34. The number of hydrogen-bond donors (Lipinski definition) is 1. The summed E-state index contributed by atoms with van der Waals surface area (Å²) in [4.78, 5) is 7.08. The number of aliphatic hydroxyl groups is 1. The summed E-state index contributed by atoms with van der Waals surface area (Å²) in [7, 11) is 0. The van der Waals surface area contributed by atoms with Gasteiger partial charge in [-0.2, -0.15) is 0 Å². The fraction of sp³-hybridized carbons (Fsp3) is 0.769. The number of likely N-dealkylation sites (tertiary alicyclic amines) is 1. The predicted octanol–water partition coefficient (Wildman–Crippen LogP) is 2.61. The van der Waals surface area contributed by atoms with E-state index in [-0.39, 0.29) is 0 Å². The Morgan fingerprint density at radius 3 is 2.88 bits per heavy atom. The topological polar surface area (TPSA) is 36.4 Å². The van der Waals surface area contributed by atoms with Crippen molar-refractivity contribution in [2.45, 2.75) is 58.2 Å². The summed E-state index contributed by atoms with van der Waals surface area (Å²) >= 11 is 1.68. The van der Waals surface area contributed by atoms with Crippen molar-refractivity contribution in [3.63, 3.8) is 0 Å². The van der Waals surface area contributed by atoms with Gasteiger partial charge in [-0.05, 0) is 40.2 Å². The van der Waals surface area contributed by atoms with Crippen LogP contribution in [0, 0.1) is 0 Å². The molecule has 2 atom stereocenters. The van der Waals surface area contributed by atoms with Crippen molar-refractivity contribution in [2.24, 2.45) is 0 Å². The molecule has 4 heteroatoms. The summed E-state index contributed by atoms with van der Waals surface area (Å²) < 4.78 is 0. The van der Waals surface area contributed by atoms with E-state index in [1.807, 2.05) is 5.38 Å². The van der Waals surface area contributed by atoms with Gasteiger partial charge in [0.15, 0.2) is 0 Å². The third-order valence-electron chi connectivity index (χ3n) is 3.49. The number of thiazole rings is 1. The molecule has 1 aromatic heterocycles. The first kappa shape index (κ1) is 13.0. The van der Waals surface area contributed by atoms with E-state index in [1.165, 1.54) is 24.4 Å². The Bertz CT molecular complexity index is 362. The van der Waals surface area contributed by atoms with Crippen LogP contribution >= 0.6 is 11.3 Å². The van der Waals surface area contributed by atoms with Crippen LogP contribution in [0.25, 0.3) is 0 Å². The maximum absolute atomic E-state index is 9.47. The second kappa shape index (κ2) is 5.46. The highest BCUT2D eigenvalue weighted by atomic mass is 32.1. The van der Waals surface area contributed by atoms with Gasteiger partial charge in [0.1, 0.15) is 0 Å². The Balaban J connectivity index is 1.99. The molecule has 0 aliphatic carbocycles. The van der Waals surface area contributed by atoms with Crippen molar-refractivity contribution < 1.29 is 5.11 Å². The Morgan fingerprint density at radius 2 is 2.29 bits per heavy atom. The largest absolute Gasteiger partial charge is 0.387 e. The molecule has 1 saturated heterocycles. The SMILES string of the molecule is CC(O)c1csc(CC2CCCN2C(C)C)n1. The van der Waals surface area contributed by atoms with E-state index >= 15 is 0 Å². The number of nitrogens with zero attached hydrogens (tertiary/aromatic N) is 2. The molecule has 17 heavy (non-hydrogen) atoms. The molecular formula is C13H22N2OS. The van der Waals surface area contributed by atoms with E-state index in [2.05, 4.69) is 23.7 Å². The Hall–Kier alpha value is -0.450. The van der Waals surface area contributed by atoms with Crippen LogP contribution in [0.4, 0.5) is 0 Å². The quantitative estimate of drug-likeness (QED) is 0.897. The molecule has 0 radical (unpaired) electrons. The molecule has 2 heterocycles. The maximum atomic E-state index is 9.47. The van der Waals surface area contributed by atoms with Gasteiger partial charge in [0.2, 0.25) is 0 Å². The minimum absolute atomic E-state index is 0.440. The second-order valence-electron chi connectivity index (χ2n) is 5.17. The molecule has 96 valence electrons. The monoisotopic (exact) mass is 254 g/mol. The molecule has 0 spiro atoms. The predicted molar refractivity (Wildman–Crippen MR) is 71.3 cm³/mol. The molecule has 2 rings (SSSR count). The average molecular weight is 254 g/mol. The van der Waals surface area contributed by atoms with Crippen LogP contribution in [0.3, 0.4) is 0 Å². The lowest BCUT2D eigenvalue weighted by Crippen LogP contribution is -2.36. The van der Waals surface area contributed by atoms with E-state index in [0.717, 1.165) is 12.1 Å². The van der Waals surface area contributed by atoms with Crippen LogP contribution in [-0.4, -0.2) is 33.6 Å². The second-order valence-corrected chi connectivity index (χ2v) is 6.12. The normalized spacial score (nSPS) is 23.5. The van der Waals surface area contributed by atoms with Crippen LogP contribution in [0.15, 0.2) is 5.38 Å². The highest BCUT2D eigenvalue weighted by Crippen LogP contribution is 2.25. The maximum Gasteiger partial charge on any atom is 0.0945 e. The first-order chi connectivity index (χ1) is 8.08. The summed E-state index contributed by atoms with van der Waals surface area (Å²) in [6.45, 7) is 7.52. The molecule has 1 aromatic rings. The molecule has 1 aliphatic rings. The third-order valence-corrected chi connectivity index (χ3v) is 4.38. The van der Waals surface area contributed by atoms with Gasteiger partial charge in [-0.25, -0.2) is 4.98 Å². The third kappa shape index (κ3) is 3.06. The van der Waals surface area contributed by atoms with Crippen LogP contribution in [0.2, 0.25) is 0 Å². The average Bonchev–Trinajstić information content (AvgIpc) is 2.86. The zero-order valence-electron chi connectivity index (χ0n) is 10.9. The molecule has 0 bridgehead atoms. The molecule has 0 aromatic carbocycles. The fourth-order valence-corrected chi connectivity index (χ4v) is 3.52. The Morgan fingerprint density at radius 1 is 1.53 bits per heavy atom. The van der Waals surface area contributed by atoms with Crippen LogP contribution in [-0.2, 0) is 6.42 Å². The van der Waals surface area contributed by atoms with E-state index in [4.69, 9.17) is 0 Å². The standard InChI is InChI=1S/C13H22N2OS/c1-9(2)15-6-4-5-11(15)7-13-14-12(8-17-13)10(3)16/h8-11,16H,4-7H2,1-3H3. The molecular weight excluding hydrogens is 232 g/mol. The van der Waals surface area contributed by atoms with Gasteiger partial charge in [0, 0.05) is 23.9 Å². The molecule has 0 saturated carbocycles. The van der Waals surface area contributed by atoms with Gasteiger partial charge in [-0.15, -0.1) is 11.3 Å². The molecule has 2 unspecified atom stereocenters. The lowest BCUT2D eigenvalue weighted by atomic mass is 10.1. The first-order valence-electron chi connectivity index (χ1n) is 6.46. The summed E-state index contributed by atoms with van der Waals surface area (Å²) in [6, 6.07) is 1.27. The van der Waals surface area contributed by atoms with E-state index in [0.29, 0.717) is 12.1 Å². The molecule has 1 aliphatic heterocycles. The van der Waals surface area contributed by atoms with E-state index < -0.39 is 6.10 Å². The van der Waals surface area contributed by atoms with Crippen molar-refractivity contribution in [1.82, 2.24) is 9.88 Å². The summed E-state index contributed by atoms with van der Waals surface area (Å²) in [5.41, 5.74) is 0.819. The minimum Gasteiger partial charge on any atom is -0.387 e. The lowest BCUT2D eigenvalue weighted by Gasteiger charge is -2.27. The Labute approximate surface area is 107 Å². The number of rotatable bonds is 4. The van der Waals surface area contributed by atoms with Crippen molar-refractivity contribution in [3.8, 4) is 0 Å². The fourth-order valence-electron chi connectivity index (χ4n) is 2.57. The number of aromatic nitrogens is 1. The van der Waals surface area contributed by atoms with Gasteiger partial charge in [0.25, 0.3) is 0 Å². The van der Waals surface area contributed by atoms with Crippen LogP contribution in [0.1, 0.15) is 50.4 Å². The van der Waals surface area contributed by atoms with Crippen molar-refractivity contribution in [2.75, 3.05) is 6.54 Å². The molecule has 1 fully saturated rings. The van der Waals surface area contributed by atoms with Gasteiger partial charge < -0.3 is 5.11 Å². The molecule has 0 amide bonds. The van der Waals surface area contributed by atoms with E-state index in [9.17, 15) is 5.11 Å². The number of hydrogen-bond acceptors (Lipinski definition) is 4. The van der Waals surface area contributed by atoms with Crippen molar-refractivity contribution in [1.29, 1.82) is 0 Å². The summed E-state index contributed by atoms with van der Waals surface area (Å²) in [5, 5.41) is 12.6. The van der Waals surface area contributed by atoms with Crippen LogP contribution in [0.5, 0.6) is 0 Å². The van der Waals surface area contributed by atoms with Gasteiger partial charge in [-0.3, -0.25) is 4.90 Å². The van der Waals surface area contributed by atoms with Gasteiger partial charge in [-0.1, -0.05) is 0 Å². The van der Waals surface area contributed by atoms with Gasteiger partial charge in [0.05, 0.1) is 16.8 Å². The smallest absolute Gasteiger partial charge is 0.0945 e. The van der Waals surface area contributed by atoms with Gasteiger partial charge >= 0.3 is 0 Å². The zero-order chi connectivity index (χ0) is 12.4. The minimum atomic E-state index is -0.440. The zero-order valence-corrected chi connectivity index (χ0v) is 11.7. The molecule has 1 N–H and O–H groups in total. The molecule has 3 nitrogen and oxygen atoms in total. The lowest BCUT2D eigenvalue weighted by molar-refractivity contribution is 0.193. The van der Waals surface area contributed by atoms with E-state index in [1.54, 1.807) is 18.3 Å². The van der Waals surface area contributed by atoms with Crippen LogP contribution < -0.4 is 0 Å². The van der Waals surface area contributed by atoms with Crippen molar-refractivity contribution in [3.05, 3.63) is 16.1 Å². The Kier molecular flexibility index (Phi) is 4.17. The summed E-state index contributed by atoms with van der Waals surface area (Å²) in [6.07, 6.45) is 3.18. The van der Waals surface area contributed by atoms with Crippen molar-refractivity contribution >= 4 is 11.3 Å². The summed E-state index contributed by atoms with van der Waals surface area (Å²) in [5.74, 6) is 0. The highest BCUT2D eigenvalue weighted by molar-refractivity contribution is 7.09. The number of aliphatic hydroxyl groups excluding tert-OH is 1.